The fourth-order valence-electron chi connectivity index (χ4n) is 8.40. The minimum Gasteiger partial charge on any atom is -0.490 e. The molecule has 72 heavy (non-hydrogen) atoms. The summed E-state index contributed by atoms with van der Waals surface area (Å²) in [6, 6.07) is 11.7. The van der Waals surface area contributed by atoms with Crippen LogP contribution in [0.1, 0.15) is 40.0 Å². The first-order chi connectivity index (χ1) is 34.8. The van der Waals surface area contributed by atoms with Crippen LogP contribution < -0.4 is 20.7 Å². The number of carbonyl (C=O) groups is 2. The topological polar surface area (TPSA) is 232 Å². The van der Waals surface area contributed by atoms with E-state index in [4.69, 9.17) is 33.2 Å². The molecule has 2 aromatic carbocycles. The van der Waals surface area contributed by atoms with E-state index in [1.165, 1.54) is 17.0 Å². The highest BCUT2D eigenvalue weighted by atomic mass is 19.4. The van der Waals surface area contributed by atoms with Crippen LogP contribution >= 0.6 is 0 Å². The third-order valence-electron chi connectivity index (χ3n) is 12.1. The average Bonchev–Trinajstić information content (AvgIpc) is 4.09. The molecule has 2 aliphatic rings. The fourth-order valence-corrected chi connectivity index (χ4v) is 8.40. The summed E-state index contributed by atoms with van der Waals surface area (Å²) in [6.45, 7) is 8.95. The normalized spacial score (nSPS) is 18.3. The van der Waals surface area contributed by atoms with Gasteiger partial charge in [0.15, 0.2) is 0 Å². The molecule has 0 radical (unpaired) electrons. The number of carbonyl (C=O) groups excluding carboxylic acids is 2. The van der Waals surface area contributed by atoms with E-state index in [-0.39, 0.29) is 53.2 Å². The van der Waals surface area contributed by atoms with E-state index in [1.54, 1.807) is 62.0 Å². The number of pyridine rings is 1. The van der Waals surface area contributed by atoms with Crippen molar-refractivity contribution < 1.29 is 66.1 Å². The summed E-state index contributed by atoms with van der Waals surface area (Å²) < 4.78 is 82.0. The van der Waals surface area contributed by atoms with E-state index in [9.17, 15) is 33.0 Å². The summed E-state index contributed by atoms with van der Waals surface area (Å²) in [7, 11) is 0. The lowest BCUT2D eigenvalue weighted by molar-refractivity contribution is -0.137. The zero-order valence-corrected chi connectivity index (χ0v) is 40.1. The summed E-state index contributed by atoms with van der Waals surface area (Å²) in [4.78, 5) is 43.2. The second-order valence-electron chi connectivity index (χ2n) is 17.3. The molecule has 5 unspecified atom stereocenters. The zero-order valence-electron chi connectivity index (χ0n) is 40.1. The number of nitrogens with one attached hydrogen (secondary N) is 3. The fraction of sp³-hybridized carbons (Fsp3) is 0.480. The first-order valence-electron chi connectivity index (χ1n) is 23.8. The lowest BCUT2D eigenvalue weighted by Crippen LogP contribution is -2.43. The van der Waals surface area contributed by atoms with Crippen molar-refractivity contribution in [3.8, 4) is 22.7 Å². The summed E-state index contributed by atoms with van der Waals surface area (Å²) in [5, 5.41) is 28.6. The molecule has 2 saturated carbocycles. The number of rotatable bonds is 29. The van der Waals surface area contributed by atoms with E-state index in [1.807, 2.05) is 6.92 Å². The van der Waals surface area contributed by atoms with Crippen LogP contribution in [0.5, 0.6) is 5.75 Å². The van der Waals surface area contributed by atoms with Crippen molar-refractivity contribution in [3.63, 3.8) is 0 Å². The lowest BCUT2D eigenvalue weighted by atomic mass is 9.84. The Morgan fingerprint density at radius 2 is 1.43 bits per heavy atom. The number of benzene rings is 2. The van der Waals surface area contributed by atoms with Gasteiger partial charge >= 0.3 is 6.18 Å². The van der Waals surface area contributed by atoms with Gasteiger partial charge in [0.2, 0.25) is 11.9 Å². The number of fused-ring (bicyclic) bond motifs is 2. The molecule has 7 rings (SSSR count). The number of halogens is 3. The number of ether oxygens (including phenoxy) is 7. The van der Waals surface area contributed by atoms with Crippen molar-refractivity contribution in [2.24, 2.45) is 17.8 Å². The molecule has 2 amide bonds. The maximum atomic E-state index is 13.8. The van der Waals surface area contributed by atoms with Gasteiger partial charge in [0, 0.05) is 59.2 Å². The monoisotopic (exact) mass is 1010 g/mol. The Morgan fingerprint density at radius 3 is 2.06 bits per heavy atom. The molecule has 0 spiro atoms. The van der Waals surface area contributed by atoms with Crippen LogP contribution in [0.4, 0.5) is 30.5 Å². The average molecular weight is 1010 g/mol. The summed E-state index contributed by atoms with van der Waals surface area (Å²) >= 11 is 0. The van der Waals surface area contributed by atoms with Crippen molar-refractivity contribution >= 4 is 29.1 Å². The Morgan fingerprint density at radius 1 is 0.764 bits per heavy atom. The summed E-state index contributed by atoms with van der Waals surface area (Å²) in [5.74, 6) is -0.349. The molecule has 388 valence electrons. The standard InChI is InChI=1S/C50H61F3N8O11/c1-32-3-4-34(47(64)58-38-25-37(50(51,52)53)26-39(27-38)61-30-33(2)57-31-61)24-44(32)60-49-56-6-5-43(59-49)36-21-40(29-54-28-36)72-20-19-71-18-17-70-16-15-69-14-13-68-12-11-67-10-9-66-8-7-55-48(65)42-23-35-22-41(42)46(63)45(35)62/h3-6,21,24-31,35,41-42,45-46,62-63H,7-20,22-23H2,1-2H3,(H,55,65)(H,58,64)(H,56,59,60). The third kappa shape index (κ3) is 15.7. The second kappa shape index (κ2) is 26.5. The molecule has 19 nitrogen and oxygen atoms in total. The molecular formula is C50H61F3N8O11. The summed E-state index contributed by atoms with van der Waals surface area (Å²) in [5.41, 5.74) is 2.56. The van der Waals surface area contributed by atoms with E-state index >= 15 is 0 Å². The van der Waals surface area contributed by atoms with Crippen LogP contribution in [0.25, 0.3) is 16.9 Å². The highest BCUT2D eigenvalue weighted by Gasteiger charge is 2.53. The molecule has 22 heteroatoms. The highest BCUT2D eigenvalue weighted by molar-refractivity contribution is 6.05. The Hall–Kier alpha value is -6.11. The Balaban J connectivity index is 0.712. The number of aliphatic hydroxyl groups excluding tert-OH is 2. The van der Waals surface area contributed by atoms with Crippen molar-refractivity contribution in [2.45, 2.75) is 45.1 Å². The maximum Gasteiger partial charge on any atom is 0.416 e. The number of anilines is 3. The predicted molar refractivity (Wildman–Crippen MR) is 256 cm³/mol. The summed E-state index contributed by atoms with van der Waals surface area (Å²) in [6.07, 6.45) is 2.95. The van der Waals surface area contributed by atoms with Crippen molar-refractivity contribution in [3.05, 3.63) is 102 Å². The van der Waals surface area contributed by atoms with Crippen LogP contribution in [0.2, 0.25) is 0 Å². The molecule has 2 aliphatic carbocycles. The number of hydrogen-bond donors (Lipinski definition) is 5. The van der Waals surface area contributed by atoms with Gasteiger partial charge in [0.05, 0.1) is 121 Å². The van der Waals surface area contributed by atoms with E-state index in [0.717, 1.165) is 17.7 Å². The van der Waals surface area contributed by atoms with Crippen LogP contribution in [-0.2, 0) is 39.4 Å². The van der Waals surface area contributed by atoms with E-state index in [0.29, 0.717) is 127 Å². The number of nitrogens with zero attached hydrogens (tertiary/aromatic N) is 5. The second-order valence-corrected chi connectivity index (χ2v) is 17.3. The number of amides is 2. The number of aromatic nitrogens is 5. The van der Waals surface area contributed by atoms with Crippen LogP contribution in [0.15, 0.2) is 79.6 Å². The van der Waals surface area contributed by atoms with Crippen molar-refractivity contribution in [2.75, 3.05) is 103 Å². The van der Waals surface area contributed by atoms with Gasteiger partial charge in [0.25, 0.3) is 5.91 Å². The molecule has 3 aromatic heterocycles. The van der Waals surface area contributed by atoms with Crippen LogP contribution in [0.3, 0.4) is 0 Å². The van der Waals surface area contributed by atoms with Gasteiger partial charge in [-0.2, -0.15) is 13.2 Å². The minimum atomic E-state index is -4.64. The quantitative estimate of drug-likeness (QED) is 0.0381. The smallest absolute Gasteiger partial charge is 0.416 e. The minimum absolute atomic E-state index is 0.0105. The Kier molecular flexibility index (Phi) is 19.8. The first kappa shape index (κ1) is 53.7. The molecule has 2 bridgehead atoms. The molecule has 2 fully saturated rings. The molecule has 3 heterocycles. The Labute approximate surface area is 414 Å². The molecule has 5 atom stereocenters. The van der Waals surface area contributed by atoms with Gasteiger partial charge in [-0.25, -0.2) is 15.0 Å². The number of aryl methyl sites for hydroxylation is 2. The molecule has 0 saturated heterocycles. The van der Waals surface area contributed by atoms with Crippen molar-refractivity contribution in [1.29, 1.82) is 0 Å². The Bertz CT molecular complexity index is 2530. The van der Waals surface area contributed by atoms with Gasteiger partial charge in [-0.3, -0.25) is 14.6 Å². The number of alkyl halides is 3. The first-order valence-corrected chi connectivity index (χ1v) is 23.8. The zero-order chi connectivity index (χ0) is 50.9. The van der Waals surface area contributed by atoms with Crippen molar-refractivity contribution in [1.82, 2.24) is 29.8 Å². The van der Waals surface area contributed by atoms with Gasteiger partial charge < -0.3 is 63.9 Å². The predicted octanol–water partition coefficient (Wildman–Crippen LogP) is 5.33. The van der Waals surface area contributed by atoms with Gasteiger partial charge in [-0.1, -0.05) is 6.07 Å². The molecule has 5 N–H and O–H groups in total. The van der Waals surface area contributed by atoms with Gasteiger partial charge in [0.1, 0.15) is 12.4 Å². The molecular weight excluding hydrogens is 946 g/mol. The molecule has 0 aliphatic heterocycles. The van der Waals surface area contributed by atoms with E-state index < -0.39 is 29.9 Å². The number of imidazole rings is 1. The van der Waals surface area contributed by atoms with Crippen LogP contribution in [0, 0.1) is 31.6 Å². The van der Waals surface area contributed by atoms with Gasteiger partial charge in [-0.05, 0) is 86.6 Å². The maximum absolute atomic E-state index is 13.8. The van der Waals surface area contributed by atoms with E-state index in [2.05, 4.69) is 35.9 Å². The molecule has 5 aromatic rings. The third-order valence-corrected chi connectivity index (χ3v) is 12.1. The SMILES string of the molecule is Cc1cn(-c2cc(NC(=O)c3ccc(C)c(Nc4nccc(-c5cncc(OCCOCCOCCOCCOCCOCCOCCNC(=O)C6CC7CC6C(O)C7O)c5)n4)c3)cc(C(F)(F)F)c2)cn1. The lowest BCUT2D eigenvalue weighted by Gasteiger charge is -2.28. The number of hydrogen-bond acceptors (Lipinski definition) is 16. The van der Waals surface area contributed by atoms with Crippen LogP contribution in [-0.4, -0.2) is 151 Å². The largest absolute Gasteiger partial charge is 0.490 e. The van der Waals surface area contributed by atoms with Gasteiger partial charge in [-0.15, -0.1) is 0 Å². The number of aliphatic hydroxyl groups is 2. The highest BCUT2D eigenvalue weighted by Crippen LogP contribution is 2.48.